The van der Waals surface area contributed by atoms with Gasteiger partial charge in [-0.05, 0) is 0 Å². The van der Waals surface area contributed by atoms with Gasteiger partial charge in [-0.3, -0.25) is 0 Å². The topological polar surface area (TPSA) is 24.1 Å². The first-order valence-electron chi connectivity index (χ1n) is 5.72. The van der Waals surface area contributed by atoms with Gasteiger partial charge in [0.25, 0.3) is 0 Å². The third kappa shape index (κ3) is 4.08. The molecule has 0 saturated heterocycles. The van der Waals surface area contributed by atoms with Crippen LogP contribution in [0.4, 0.5) is 11.4 Å². The SMILES string of the molecule is CNc1ccc([Te][Te]c2ccc(NC)cc2)cc1. The van der Waals surface area contributed by atoms with Crippen LogP contribution >= 0.6 is 0 Å². The van der Waals surface area contributed by atoms with Crippen molar-refractivity contribution in [2.45, 2.75) is 0 Å². The average Bonchev–Trinajstić information content (AvgIpc) is 2.46. The number of rotatable bonds is 5. The normalized spacial score (nSPS) is 10.1. The number of anilines is 2. The molecule has 2 rings (SSSR count). The summed E-state index contributed by atoms with van der Waals surface area (Å²) >= 11 is 0.0245. The van der Waals surface area contributed by atoms with Crippen LogP contribution in [0.5, 0.6) is 0 Å². The van der Waals surface area contributed by atoms with E-state index in [9.17, 15) is 0 Å². The van der Waals surface area contributed by atoms with E-state index in [0.717, 1.165) is 0 Å². The number of hydrogen-bond acceptors (Lipinski definition) is 2. The van der Waals surface area contributed by atoms with Gasteiger partial charge in [-0.15, -0.1) is 0 Å². The Kier molecular flexibility index (Phi) is 5.67. The quantitative estimate of drug-likeness (QED) is 0.643. The molecule has 2 N–H and O–H groups in total. The van der Waals surface area contributed by atoms with Gasteiger partial charge in [0.05, 0.1) is 0 Å². The first kappa shape index (κ1) is 14.0. The van der Waals surface area contributed by atoms with E-state index >= 15 is 0 Å². The van der Waals surface area contributed by atoms with Gasteiger partial charge in [0.15, 0.2) is 0 Å². The van der Waals surface area contributed by atoms with Crippen molar-refractivity contribution < 1.29 is 0 Å². The van der Waals surface area contributed by atoms with Crippen molar-refractivity contribution in [3.05, 3.63) is 48.5 Å². The van der Waals surface area contributed by atoms with Crippen LogP contribution in [0.15, 0.2) is 48.5 Å². The van der Waals surface area contributed by atoms with Crippen LogP contribution in [0, 0.1) is 0 Å². The number of hydrogen-bond donors (Lipinski definition) is 2. The Bertz CT molecular complexity index is 433. The monoisotopic (exact) mass is 472 g/mol. The minimum atomic E-state index is 0.0122. The first-order valence-corrected chi connectivity index (χ1v) is 15.4. The Labute approximate surface area is 125 Å². The Morgan fingerprint density at radius 3 is 1.22 bits per heavy atom. The van der Waals surface area contributed by atoms with Gasteiger partial charge in [0, 0.05) is 0 Å². The number of benzene rings is 2. The van der Waals surface area contributed by atoms with Gasteiger partial charge in [0.1, 0.15) is 0 Å². The molecule has 0 saturated carbocycles. The van der Waals surface area contributed by atoms with Crippen LogP contribution in [-0.4, -0.2) is 48.2 Å². The summed E-state index contributed by atoms with van der Waals surface area (Å²) in [5, 5.41) is 6.32. The van der Waals surface area contributed by atoms with Gasteiger partial charge in [-0.1, -0.05) is 0 Å². The fraction of sp³-hybridized carbons (Fsp3) is 0.143. The molecular weight excluding hydrogens is 451 g/mol. The standard InChI is InChI=1S/C14H16N2Te2/c1-15-11-3-7-13(8-4-11)17-18-14-9-5-12(16-2)6-10-14/h3-10,15-16H,1-2H3. The molecule has 2 aromatic rings. The fourth-order valence-corrected chi connectivity index (χ4v) is 11.4. The van der Waals surface area contributed by atoms with Crippen LogP contribution in [0.25, 0.3) is 0 Å². The van der Waals surface area contributed by atoms with E-state index < -0.39 is 0 Å². The summed E-state index contributed by atoms with van der Waals surface area (Å²) in [4.78, 5) is 0. The Balaban J connectivity index is 1.93. The number of nitrogens with one attached hydrogen (secondary N) is 2. The Hall–Kier alpha value is -0.381. The van der Waals surface area contributed by atoms with Crippen LogP contribution in [0.1, 0.15) is 0 Å². The zero-order chi connectivity index (χ0) is 12.8. The third-order valence-electron chi connectivity index (χ3n) is 2.52. The molecular formula is C14H16N2Te2. The van der Waals surface area contributed by atoms with Crippen LogP contribution in [0.3, 0.4) is 0 Å². The molecule has 0 heterocycles. The molecule has 0 radical (unpaired) electrons. The predicted octanol–water partition coefficient (Wildman–Crippen LogP) is 1.04. The van der Waals surface area contributed by atoms with Gasteiger partial charge in [0.2, 0.25) is 0 Å². The average molecular weight is 467 g/mol. The predicted molar refractivity (Wildman–Crippen MR) is 82.8 cm³/mol. The van der Waals surface area contributed by atoms with E-state index in [1.807, 2.05) is 14.1 Å². The third-order valence-corrected chi connectivity index (χ3v) is 14.4. The summed E-state index contributed by atoms with van der Waals surface area (Å²) in [7, 11) is 3.92. The zero-order valence-electron chi connectivity index (χ0n) is 10.4. The van der Waals surface area contributed by atoms with Gasteiger partial charge in [-0.25, -0.2) is 0 Å². The summed E-state index contributed by atoms with van der Waals surface area (Å²) < 4.78 is 3.14. The first-order chi connectivity index (χ1) is 8.81. The zero-order valence-corrected chi connectivity index (χ0v) is 15.1. The van der Waals surface area contributed by atoms with Crippen LogP contribution in [-0.2, 0) is 0 Å². The van der Waals surface area contributed by atoms with Gasteiger partial charge < -0.3 is 0 Å². The molecule has 4 heteroatoms. The van der Waals surface area contributed by atoms with Crippen molar-refractivity contribution >= 4 is 52.7 Å². The van der Waals surface area contributed by atoms with E-state index in [1.165, 1.54) is 11.4 Å². The molecule has 0 aromatic heterocycles. The van der Waals surface area contributed by atoms with Crippen molar-refractivity contribution in [3.8, 4) is 0 Å². The molecule has 18 heavy (non-hydrogen) atoms. The summed E-state index contributed by atoms with van der Waals surface area (Å²) in [6.45, 7) is 0. The van der Waals surface area contributed by atoms with E-state index in [1.54, 1.807) is 7.22 Å². The molecule has 0 aliphatic carbocycles. The van der Waals surface area contributed by atoms with E-state index in [0.29, 0.717) is 0 Å². The molecule has 0 amide bonds. The van der Waals surface area contributed by atoms with Gasteiger partial charge in [-0.2, -0.15) is 0 Å². The second-order valence-corrected chi connectivity index (χ2v) is 13.7. The maximum atomic E-state index is 3.16. The van der Waals surface area contributed by atoms with Crippen molar-refractivity contribution in [1.82, 2.24) is 0 Å². The Morgan fingerprint density at radius 2 is 0.944 bits per heavy atom. The van der Waals surface area contributed by atoms with E-state index in [2.05, 4.69) is 59.2 Å². The second kappa shape index (κ2) is 7.27. The second-order valence-electron chi connectivity index (χ2n) is 3.72. The van der Waals surface area contributed by atoms with Crippen molar-refractivity contribution in [1.29, 1.82) is 0 Å². The van der Waals surface area contributed by atoms with Crippen LogP contribution in [0.2, 0.25) is 0 Å². The molecule has 2 aromatic carbocycles. The molecule has 0 bridgehead atoms. The van der Waals surface area contributed by atoms with Crippen molar-refractivity contribution in [2.75, 3.05) is 24.7 Å². The van der Waals surface area contributed by atoms with Crippen LogP contribution < -0.4 is 17.9 Å². The summed E-state index contributed by atoms with van der Waals surface area (Å²) in [5.41, 5.74) is 2.40. The van der Waals surface area contributed by atoms with Gasteiger partial charge >= 0.3 is 126 Å². The van der Waals surface area contributed by atoms with E-state index in [4.69, 9.17) is 0 Å². The molecule has 0 atom stereocenters. The molecule has 0 aliphatic rings. The summed E-state index contributed by atoms with van der Waals surface area (Å²) in [5.74, 6) is 0. The molecule has 0 fully saturated rings. The molecule has 0 spiro atoms. The Morgan fingerprint density at radius 1 is 0.611 bits per heavy atom. The maximum absolute atomic E-state index is 3.16. The van der Waals surface area contributed by atoms with Crippen molar-refractivity contribution in [2.24, 2.45) is 0 Å². The minimum absolute atomic E-state index is 0.0122. The fourth-order valence-electron chi connectivity index (χ4n) is 1.45. The molecule has 2 nitrogen and oxygen atoms in total. The molecule has 0 aliphatic heterocycles. The summed E-state index contributed by atoms with van der Waals surface area (Å²) in [6, 6.07) is 17.8. The molecule has 94 valence electrons. The summed E-state index contributed by atoms with van der Waals surface area (Å²) in [6.07, 6.45) is 0. The van der Waals surface area contributed by atoms with Crippen molar-refractivity contribution in [3.63, 3.8) is 0 Å². The molecule has 0 unspecified atom stereocenters. The van der Waals surface area contributed by atoms with E-state index in [-0.39, 0.29) is 34.1 Å².